The van der Waals surface area contributed by atoms with E-state index in [1.807, 2.05) is 6.92 Å². The first-order chi connectivity index (χ1) is 4.81. The molecule has 0 spiro atoms. The number of rotatable bonds is 0. The van der Waals surface area contributed by atoms with Crippen LogP contribution in [0.2, 0.25) is 0 Å². The molecule has 60 valence electrons. The molecule has 0 aromatic heterocycles. The summed E-state index contributed by atoms with van der Waals surface area (Å²) >= 11 is 0. The van der Waals surface area contributed by atoms with Gasteiger partial charge in [-0.25, -0.2) is 0 Å². The molecule has 1 aliphatic carbocycles. The topological polar surface area (TPSA) is 0 Å². The average molecular weight is 227 g/mol. The van der Waals surface area contributed by atoms with Gasteiger partial charge in [-0.05, 0) is 6.92 Å². The Bertz CT molecular complexity index is 95.0. The van der Waals surface area contributed by atoms with Crippen LogP contribution < -0.4 is 0 Å². The van der Waals surface area contributed by atoms with Crippen LogP contribution in [-0.2, 0) is 32.7 Å². The van der Waals surface area contributed by atoms with Crippen molar-refractivity contribution in [2.45, 2.75) is 39.5 Å². The van der Waals surface area contributed by atoms with Crippen LogP contribution in [-0.4, -0.2) is 0 Å². The molecular formula is C10H18Y+. The second kappa shape index (κ2) is 10.8. The Labute approximate surface area is 96.7 Å². The summed E-state index contributed by atoms with van der Waals surface area (Å²) in [5.74, 6) is 0. The standard InChI is InChI=1S/C7H11.C3H7.Y/c1-7-5-3-2-4-6-7;1-3-2;/h2,5H,3-4,6H2,1H3;1,3H2,2H3;/q2*-1;+3. The van der Waals surface area contributed by atoms with Gasteiger partial charge in [0, 0.05) is 0 Å². The van der Waals surface area contributed by atoms with Gasteiger partial charge in [-0.3, -0.25) is 0 Å². The summed E-state index contributed by atoms with van der Waals surface area (Å²) in [4.78, 5) is 0. The van der Waals surface area contributed by atoms with Gasteiger partial charge in [-0.2, -0.15) is 19.3 Å². The van der Waals surface area contributed by atoms with Crippen molar-refractivity contribution in [2.24, 2.45) is 0 Å². The predicted molar refractivity (Wildman–Crippen MR) is 47.6 cm³/mol. The van der Waals surface area contributed by atoms with Crippen molar-refractivity contribution < 1.29 is 32.7 Å². The van der Waals surface area contributed by atoms with Crippen molar-refractivity contribution >= 4 is 0 Å². The molecule has 1 heteroatoms. The summed E-state index contributed by atoms with van der Waals surface area (Å²) in [5, 5.41) is 0. The maximum atomic E-state index is 3.49. The summed E-state index contributed by atoms with van der Waals surface area (Å²) in [6, 6.07) is 0. The van der Waals surface area contributed by atoms with Gasteiger partial charge in [-0.15, -0.1) is 6.08 Å². The van der Waals surface area contributed by atoms with E-state index in [0.717, 1.165) is 6.42 Å². The van der Waals surface area contributed by atoms with E-state index >= 15 is 0 Å². The van der Waals surface area contributed by atoms with Gasteiger partial charge < -0.3 is 13.3 Å². The molecule has 0 bridgehead atoms. The van der Waals surface area contributed by atoms with E-state index in [1.54, 1.807) is 5.57 Å². The number of allylic oxidation sites excluding steroid dienone is 2. The quantitative estimate of drug-likeness (QED) is 0.438. The first-order valence-corrected chi connectivity index (χ1v) is 4.07. The molecule has 0 fully saturated rings. The second-order valence-electron chi connectivity index (χ2n) is 2.61. The zero-order chi connectivity index (χ0) is 7.82. The van der Waals surface area contributed by atoms with Crippen molar-refractivity contribution in [3.05, 3.63) is 25.0 Å². The van der Waals surface area contributed by atoms with Crippen LogP contribution >= 0.6 is 0 Å². The zero-order valence-electron chi connectivity index (χ0n) is 7.77. The van der Waals surface area contributed by atoms with Gasteiger partial charge in [0.25, 0.3) is 0 Å². The molecule has 0 heterocycles. The van der Waals surface area contributed by atoms with Gasteiger partial charge >= 0.3 is 32.7 Å². The summed E-state index contributed by atoms with van der Waals surface area (Å²) in [6.45, 7) is 7.70. The Morgan fingerprint density at radius 2 is 2.18 bits per heavy atom. The molecule has 11 heavy (non-hydrogen) atoms. The first kappa shape index (κ1) is 14.4. The van der Waals surface area contributed by atoms with Crippen LogP contribution in [0.15, 0.2) is 11.6 Å². The molecule has 0 N–H and O–H groups in total. The third-order valence-corrected chi connectivity index (χ3v) is 1.38. The fourth-order valence-corrected chi connectivity index (χ4v) is 0.834. The number of hydrogen-bond donors (Lipinski definition) is 0. The molecular weight excluding hydrogens is 209 g/mol. The van der Waals surface area contributed by atoms with Crippen LogP contribution in [0.4, 0.5) is 0 Å². The Morgan fingerprint density at radius 1 is 1.64 bits per heavy atom. The maximum absolute atomic E-state index is 3.49. The molecule has 0 saturated carbocycles. The maximum Gasteiger partial charge on any atom is 3.00 e. The summed E-state index contributed by atoms with van der Waals surface area (Å²) < 4.78 is 0. The fraction of sp³-hybridized carbons (Fsp3) is 0.600. The molecule has 0 aliphatic heterocycles. The Balaban J connectivity index is 0. The van der Waals surface area contributed by atoms with Crippen molar-refractivity contribution in [3.63, 3.8) is 0 Å². The number of hydrogen-bond acceptors (Lipinski definition) is 0. The zero-order valence-corrected chi connectivity index (χ0v) is 10.6. The van der Waals surface area contributed by atoms with Crippen LogP contribution in [0.3, 0.4) is 0 Å². The molecule has 1 rings (SSSR count). The summed E-state index contributed by atoms with van der Waals surface area (Å²) in [6.07, 6.45) is 9.41. The molecule has 0 aromatic carbocycles. The minimum atomic E-state index is 0. The van der Waals surface area contributed by atoms with E-state index in [9.17, 15) is 0 Å². The van der Waals surface area contributed by atoms with Gasteiger partial charge in [0.05, 0.1) is 0 Å². The van der Waals surface area contributed by atoms with Gasteiger partial charge in [0.1, 0.15) is 0 Å². The van der Waals surface area contributed by atoms with E-state index in [2.05, 4.69) is 26.3 Å². The van der Waals surface area contributed by atoms with E-state index in [0.29, 0.717) is 0 Å². The van der Waals surface area contributed by atoms with Gasteiger partial charge in [-0.1, -0.05) is 18.9 Å². The van der Waals surface area contributed by atoms with Gasteiger partial charge in [0.15, 0.2) is 0 Å². The Hall–Kier alpha value is 0.844. The van der Waals surface area contributed by atoms with Crippen molar-refractivity contribution in [2.75, 3.05) is 0 Å². The van der Waals surface area contributed by atoms with Crippen LogP contribution in [0.25, 0.3) is 0 Å². The minimum absolute atomic E-state index is 0. The second-order valence-corrected chi connectivity index (χ2v) is 2.61. The Kier molecular flexibility index (Phi) is 14.2. The third-order valence-electron chi connectivity index (χ3n) is 1.38. The van der Waals surface area contributed by atoms with Crippen molar-refractivity contribution in [3.8, 4) is 0 Å². The third kappa shape index (κ3) is 10.8. The normalized spacial score (nSPS) is 15.4. The molecule has 0 atom stereocenters. The van der Waals surface area contributed by atoms with Crippen LogP contribution in [0.5, 0.6) is 0 Å². The first-order valence-electron chi connectivity index (χ1n) is 4.07. The Morgan fingerprint density at radius 3 is 2.36 bits per heavy atom. The van der Waals surface area contributed by atoms with Crippen LogP contribution in [0.1, 0.15) is 39.5 Å². The molecule has 0 amide bonds. The van der Waals surface area contributed by atoms with E-state index in [4.69, 9.17) is 0 Å². The van der Waals surface area contributed by atoms with Crippen molar-refractivity contribution in [1.82, 2.24) is 0 Å². The largest absolute Gasteiger partial charge is 3.00 e. The molecule has 0 nitrogen and oxygen atoms in total. The van der Waals surface area contributed by atoms with Gasteiger partial charge in [0.2, 0.25) is 0 Å². The minimum Gasteiger partial charge on any atom is -0.344 e. The van der Waals surface area contributed by atoms with Crippen molar-refractivity contribution in [1.29, 1.82) is 0 Å². The molecule has 0 aromatic rings. The van der Waals surface area contributed by atoms with E-state index in [1.165, 1.54) is 19.3 Å². The molecule has 0 saturated heterocycles. The molecule has 0 unspecified atom stereocenters. The van der Waals surface area contributed by atoms with E-state index in [-0.39, 0.29) is 32.7 Å². The monoisotopic (exact) mass is 227 g/mol. The summed E-state index contributed by atoms with van der Waals surface area (Å²) in [7, 11) is 0. The van der Waals surface area contributed by atoms with E-state index < -0.39 is 0 Å². The predicted octanol–water partition coefficient (Wildman–Crippen LogP) is 3.55. The molecule has 0 radical (unpaired) electrons. The molecule has 1 aliphatic rings. The smallest absolute Gasteiger partial charge is 0.344 e. The van der Waals surface area contributed by atoms with Crippen LogP contribution in [0, 0.1) is 13.3 Å². The SMILES string of the molecule is CC1=CC[CH-]CC1.[CH2-]CC.[Y+3]. The average Bonchev–Trinajstić information content (AvgIpc) is 1.91. The fourth-order valence-electron chi connectivity index (χ4n) is 0.834. The summed E-state index contributed by atoms with van der Waals surface area (Å²) in [5.41, 5.74) is 1.56.